The average Bonchev–Trinajstić information content (AvgIpc) is 2.86. The van der Waals surface area contributed by atoms with Crippen LogP contribution in [0, 0.1) is 9.81 Å². The molecular formula is C27H47N3O6+2. The van der Waals surface area contributed by atoms with Gasteiger partial charge in [-0.25, -0.2) is 9.59 Å². The molecule has 9 nitrogen and oxygen atoms in total. The number of likely N-dealkylation sites (N-methyl/N-ethyl adjacent to an activating group) is 1. The van der Waals surface area contributed by atoms with Crippen LogP contribution >= 0.6 is 0 Å². The van der Waals surface area contributed by atoms with Crippen LogP contribution in [0.25, 0.3) is 0 Å². The second-order valence-corrected chi connectivity index (χ2v) is 9.00. The molecule has 0 saturated heterocycles. The van der Waals surface area contributed by atoms with Crippen LogP contribution in [0.1, 0.15) is 103 Å². The van der Waals surface area contributed by atoms with E-state index in [1.807, 2.05) is 0 Å². The van der Waals surface area contributed by atoms with Crippen LogP contribution in [0.2, 0.25) is 0 Å². The van der Waals surface area contributed by atoms with Crippen LogP contribution in [0.15, 0.2) is 24.3 Å². The zero-order valence-corrected chi connectivity index (χ0v) is 22.3. The number of aliphatic hydroxyl groups excluding tert-OH is 1. The molecule has 3 amide bonds. The second kappa shape index (κ2) is 22.9. The summed E-state index contributed by atoms with van der Waals surface area (Å²) in [6, 6.07) is -1.32. The number of rotatable bonds is 22. The third-order valence-electron chi connectivity index (χ3n) is 5.77. The maximum absolute atomic E-state index is 12.2. The Morgan fingerprint density at radius 1 is 0.778 bits per heavy atom. The Hall–Kier alpha value is -2.55. The lowest BCUT2D eigenvalue weighted by atomic mass is 10.1. The summed E-state index contributed by atoms with van der Waals surface area (Å²) in [4.78, 5) is 58.7. The molecule has 0 aliphatic heterocycles. The summed E-state index contributed by atoms with van der Waals surface area (Å²) in [5, 5.41) is 11.1. The molecule has 9 heteroatoms. The Morgan fingerprint density at radius 2 is 1.25 bits per heavy atom. The fraction of sp³-hybridized carbons (Fsp3) is 0.741. The minimum absolute atomic E-state index is 0.0610. The van der Waals surface area contributed by atoms with Gasteiger partial charge in [0.1, 0.15) is 6.42 Å². The number of aliphatic hydroxyl groups is 1. The van der Waals surface area contributed by atoms with Crippen molar-refractivity contribution in [1.29, 1.82) is 0 Å². The Kier molecular flexibility index (Phi) is 21.3. The molecule has 0 aromatic heterocycles. The Balaban J connectivity index is 3.88. The Bertz CT molecular complexity index is 733. The zero-order valence-electron chi connectivity index (χ0n) is 22.3. The molecule has 0 radical (unpaired) electrons. The highest BCUT2D eigenvalue weighted by Gasteiger charge is 2.37. The van der Waals surface area contributed by atoms with E-state index in [1.165, 1.54) is 39.0 Å². The van der Waals surface area contributed by atoms with Gasteiger partial charge in [0.05, 0.1) is 9.52 Å². The first-order valence-electron chi connectivity index (χ1n) is 13.5. The molecule has 0 rings (SSSR count). The maximum Gasteiger partial charge on any atom is 0.455 e. The standard InChI is InChI=1S/C27H46N3O6/c1-3-30(36)26(33)23-24(27(34)29(2)35)28-25(32)21-19-17-15-13-11-9-7-5-4-6-8-10-12-14-16-18-20-22-31/h11-14,24,31H,3-10,15-23H2,1-2H3/q+1/p+1/b13-11+,14-12+/t24-/m1/s1. The summed E-state index contributed by atoms with van der Waals surface area (Å²) in [5.41, 5.74) is 0. The van der Waals surface area contributed by atoms with Crippen molar-refractivity contribution >= 4 is 17.7 Å². The monoisotopic (exact) mass is 509 g/mol. The summed E-state index contributed by atoms with van der Waals surface area (Å²) in [5.74, 6) is -2.22. The van der Waals surface area contributed by atoms with Crippen molar-refractivity contribution in [3.05, 3.63) is 34.1 Å². The average molecular weight is 510 g/mol. The third kappa shape index (κ3) is 18.7. The van der Waals surface area contributed by atoms with Crippen LogP contribution in [-0.2, 0) is 14.4 Å². The summed E-state index contributed by atoms with van der Waals surface area (Å²) >= 11 is 0. The zero-order chi connectivity index (χ0) is 27.0. The number of amides is 3. The number of nitrogens with zero attached hydrogens (tertiary/aromatic N) is 2. The van der Waals surface area contributed by atoms with Crippen molar-refractivity contribution in [2.24, 2.45) is 0 Å². The lowest BCUT2D eigenvalue weighted by molar-refractivity contribution is -0.467. The van der Waals surface area contributed by atoms with E-state index in [-0.39, 0.29) is 29.1 Å². The van der Waals surface area contributed by atoms with Gasteiger partial charge in [-0.3, -0.25) is 4.79 Å². The SMILES string of the molecule is CC[N+](=O)C(=O)C[C@@H](NC(=O)CCCC/C=C/CCCCCCC/C=C/CCCCO)C(=O)[N+](C)=O. The predicted molar refractivity (Wildman–Crippen MR) is 140 cm³/mol. The van der Waals surface area contributed by atoms with Crippen molar-refractivity contribution in [3.63, 3.8) is 0 Å². The first kappa shape index (κ1) is 33.4. The Labute approximate surface area is 215 Å². The van der Waals surface area contributed by atoms with Crippen molar-refractivity contribution in [1.82, 2.24) is 5.32 Å². The maximum atomic E-state index is 12.2. The second-order valence-electron chi connectivity index (χ2n) is 9.00. The Morgan fingerprint density at radius 3 is 1.72 bits per heavy atom. The number of nitroso groups, excluding NO2 is 2. The molecule has 2 N–H and O–H groups in total. The largest absolute Gasteiger partial charge is 0.455 e. The molecule has 0 aromatic carbocycles. The molecule has 0 saturated carbocycles. The van der Waals surface area contributed by atoms with Gasteiger partial charge < -0.3 is 10.4 Å². The van der Waals surface area contributed by atoms with Crippen LogP contribution in [0.4, 0.5) is 0 Å². The fourth-order valence-electron chi connectivity index (χ4n) is 3.59. The fourth-order valence-corrected chi connectivity index (χ4v) is 3.59. The van der Waals surface area contributed by atoms with E-state index in [0.717, 1.165) is 52.0 Å². The van der Waals surface area contributed by atoms with Gasteiger partial charge in [0, 0.05) is 22.8 Å². The van der Waals surface area contributed by atoms with Crippen LogP contribution in [-0.4, -0.2) is 58.6 Å². The number of carbonyl (C=O) groups excluding carboxylic acids is 3. The van der Waals surface area contributed by atoms with Crippen molar-refractivity contribution in [2.75, 3.05) is 20.2 Å². The normalized spacial score (nSPS) is 12.2. The lowest BCUT2D eigenvalue weighted by Gasteiger charge is -2.09. The summed E-state index contributed by atoms with van der Waals surface area (Å²) in [7, 11) is 0.996. The minimum Gasteiger partial charge on any atom is -0.396 e. The number of unbranched alkanes of at least 4 members (excludes halogenated alkanes) is 10. The molecule has 0 fully saturated rings. The van der Waals surface area contributed by atoms with E-state index in [0.29, 0.717) is 6.42 Å². The predicted octanol–water partition coefficient (Wildman–Crippen LogP) is 4.69. The quantitative estimate of drug-likeness (QED) is 0.124. The van der Waals surface area contributed by atoms with Crippen LogP contribution in [0.5, 0.6) is 0 Å². The van der Waals surface area contributed by atoms with Crippen molar-refractivity contribution in [3.8, 4) is 0 Å². The number of hydrogen-bond acceptors (Lipinski definition) is 6. The minimum atomic E-state index is -1.32. The van der Waals surface area contributed by atoms with Gasteiger partial charge in [-0.15, -0.1) is 0 Å². The molecule has 0 aromatic rings. The molecular weight excluding hydrogens is 462 g/mol. The van der Waals surface area contributed by atoms with Gasteiger partial charge in [-0.2, -0.15) is 0 Å². The molecule has 0 bridgehead atoms. The highest BCUT2D eigenvalue weighted by molar-refractivity contribution is 5.86. The van der Waals surface area contributed by atoms with Crippen LogP contribution in [0.3, 0.4) is 0 Å². The highest BCUT2D eigenvalue weighted by Crippen LogP contribution is 2.09. The van der Waals surface area contributed by atoms with Gasteiger partial charge in [-0.05, 0) is 71.1 Å². The van der Waals surface area contributed by atoms with Gasteiger partial charge in [0.25, 0.3) is 0 Å². The van der Waals surface area contributed by atoms with Gasteiger partial charge in [-0.1, -0.05) is 43.6 Å². The third-order valence-corrected chi connectivity index (χ3v) is 5.77. The summed E-state index contributed by atoms with van der Waals surface area (Å²) < 4.78 is 0.262. The van der Waals surface area contributed by atoms with E-state index < -0.39 is 30.2 Å². The topological polar surface area (TPSA) is 124 Å². The van der Waals surface area contributed by atoms with Gasteiger partial charge in [0.2, 0.25) is 5.91 Å². The van der Waals surface area contributed by atoms with Crippen molar-refractivity contribution in [2.45, 2.75) is 109 Å². The summed E-state index contributed by atoms with van der Waals surface area (Å²) in [6.07, 6.45) is 22.1. The van der Waals surface area contributed by atoms with E-state index in [9.17, 15) is 24.2 Å². The van der Waals surface area contributed by atoms with E-state index >= 15 is 0 Å². The van der Waals surface area contributed by atoms with E-state index in [4.69, 9.17) is 5.11 Å². The number of carbonyl (C=O) groups is 3. The molecule has 0 aliphatic rings. The summed E-state index contributed by atoms with van der Waals surface area (Å²) in [6.45, 7) is 1.71. The van der Waals surface area contributed by atoms with E-state index in [2.05, 4.69) is 29.6 Å². The van der Waals surface area contributed by atoms with E-state index in [1.54, 1.807) is 0 Å². The van der Waals surface area contributed by atoms with Crippen LogP contribution < -0.4 is 5.32 Å². The highest BCUT2D eigenvalue weighted by atomic mass is 16.3. The first-order chi connectivity index (χ1) is 17.3. The molecule has 0 aliphatic carbocycles. The number of hydrogen-bond donors (Lipinski definition) is 2. The number of nitrogens with one attached hydrogen (secondary N) is 1. The number of allylic oxidation sites excluding steroid dienone is 4. The first-order valence-corrected chi connectivity index (χ1v) is 13.5. The molecule has 1 atom stereocenters. The molecule has 0 spiro atoms. The lowest BCUT2D eigenvalue weighted by Crippen LogP contribution is -2.46. The smallest absolute Gasteiger partial charge is 0.396 e. The van der Waals surface area contributed by atoms with Gasteiger partial charge in [0.15, 0.2) is 19.6 Å². The molecule has 204 valence electrons. The molecule has 36 heavy (non-hydrogen) atoms. The molecule has 0 unspecified atom stereocenters. The molecule has 0 heterocycles. The van der Waals surface area contributed by atoms with Gasteiger partial charge >= 0.3 is 11.8 Å². The van der Waals surface area contributed by atoms with Crippen molar-refractivity contribution < 1.29 is 29.0 Å².